The highest BCUT2D eigenvalue weighted by molar-refractivity contribution is 5.84. The Morgan fingerprint density at radius 3 is 1.70 bits per heavy atom. The van der Waals surface area contributed by atoms with Crippen LogP contribution in [-0.4, -0.2) is 14.2 Å². The lowest BCUT2D eigenvalue weighted by atomic mass is 9.94. The van der Waals surface area contributed by atoms with E-state index in [1.165, 1.54) is 6.07 Å². The average molecular weight is 308 g/mol. The summed E-state index contributed by atoms with van der Waals surface area (Å²) in [6, 6.07) is 20.1. The summed E-state index contributed by atoms with van der Waals surface area (Å²) < 4.78 is 24.8. The second-order valence-corrected chi connectivity index (χ2v) is 5.12. The quantitative estimate of drug-likeness (QED) is 0.661. The van der Waals surface area contributed by atoms with Crippen molar-refractivity contribution < 1.29 is 13.9 Å². The molecular formula is C20H17FO2. The van der Waals surface area contributed by atoms with Crippen LogP contribution in [0.3, 0.4) is 0 Å². The predicted octanol–water partition coefficient (Wildman–Crippen LogP) is 5.18. The Balaban J connectivity index is 2.11. The number of benzene rings is 3. The van der Waals surface area contributed by atoms with Crippen molar-refractivity contribution in [2.45, 2.75) is 0 Å². The van der Waals surface area contributed by atoms with E-state index in [0.29, 0.717) is 5.56 Å². The van der Waals surface area contributed by atoms with Gasteiger partial charge < -0.3 is 9.47 Å². The maximum Gasteiger partial charge on any atom is 0.131 e. The van der Waals surface area contributed by atoms with Crippen molar-refractivity contribution in [2.24, 2.45) is 0 Å². The molecule has 0 aliphatic carbocycles. The zero-order valence-electron chi connectivity index (χ0n) is 13.0. The van der Waals surface area contributed by atoms with Gasteiger partial charge in [0.1, 0.15) is 17.3 Å². The van der Waals surface area contributed by atoms with Gasteiger partial charge in [-0.1, -0.05) is 36.4 Å². The number of halogens is 1. The van der Waals surface area contributed by atoms with Gasteiger partial charge in [0.15, 0.2) is 0 Å². The zero-order valence-corrected chi connectivity index (χ0v) is 13.0. The van der Waals surface area contributed by atoms with Gasteiger partial charge in [0.2, 0.25) is 0 Å². The minimum atomic E-state index is -0.247. The molecule has 0 saturated heterocycles. The van der Waals surface area contributed by atoms with Gasteiger partial charge in [-0.3, -0.25) is 0 Å². The van der Waals surface area contributed by atoms with Crippen LogP contribution in [0.2, 0.25) is 0 Å². The first-order valence-electron chi connectivity index (χ1n) is 7.30. The van der Waals surface area contributed by atoms with Gasteiger partial charge in [-0.15, -0.1) is 0 Å². The maximum absolute atomic E-state index is 14.5. The minimum absolute atomic E-state index is 0.247. The summed E-state index contributed by atoms with van der Waals surface area (Å²) in [5, 5.41) is 0. The van der Waals surface area contributed by atoms with Crippen molar-refractivity contribution in [2.75, 3.05) is 14.2 Å². The largest absolute Gasteiger partial charge is 0.497 e. The fraction of sp³-hybridized carbons (Fsp3) is 0.100. The maximum atomic E-state index is 14.5. The van der Waals surface area contributed by atoms with Crippen molar-refractivity contribution in [3.8, 4) is 33.8 Å². The summed E-state index contributed by atoms with van der Waals surface area (Å²) in [6.45, 7) is 0. The van der Waals surface area contributed by atoms with Crippen LogP contribution in [0.5, 0.6) is 11.5 Å². The Morgan fingerprint density at radius 2 is 1.17 bits per heavy atom. The highest BCUT2D eigenvalue weighted by Gasteiger charge is 2.12. The van der Waals surface area contributed by atoms with Gasteiger partial charge in [-0.25, -0.2) is 4.39 Å². The number of rotatable bonds is 4. The normalized spacial score (nSPS) is 10.4. The SMILES string of the molecule is COc1ccc(-c2cccc(F)c2-c2ccc(OC)cc2)cc1. The molecule has 3 aromatic carbocycles. The Hall–Kier alpha value is -2.81. The lowest BCUT2D eigenvalue weighted by molar-refractivity contribution is 0.414. The Labute approximate surface area is 135 Å². The first-order valence-corrected chi connectivity index (χ1v) is 7.30. The molecule has 23 heavy (non-hydrogen) atoms. The van der Waals surface area contributed by atoms with Gasteiger partial charge in [0.25, 0.3) is 0 Å². The summed E-state index contributed by atoms with van der Waals surface area (Å²) in [5.74, 6) is 1.27. The van der Waals surface area contributed by atoms with Gasteiger partial charge >= 0.3 is 0 Å². The van der Waals surface area contributed by atoms with Crippen molar-refractivity contribution in [1.82, 2.24) is 0 Å². The summed E-state index contributed by atoms with van der Waals surface area (Å²) in [4.78, 5) is 0. The highest BCUT2D eigenvalue weighted by Crippen LogP contribution is 2.35. The zero-order chi connectivity index (χ0) is 16.2. The lowest BCUT2D eigenvalue weighted by Crippen LogP contribution is -1.91. The molecule has 0 fully saturated rings. The van der Waals surface area contributed by atoms with E-state index in [4.69, 9.17) is 9.47 Å². The number of ether oxygens (including phenoxy) is 2. The molecule has 0 unspecified atom stereocenters. The monoisotopic (exact) mass is 308 g/mol. The second-order valence-electron chi connectivity index (χ2n) is 5.12. The Morgan fingerprint density at radius 1 is 0.652 bits per heavy atom. The van der Waals surface area contributed by atoms with Crippen LogP contribution < -0.4 is 9.47 Å². The van der Waals surface area contributed by atoms with E-state index < -0.39 is 0 Å². The van der Waals surface area contributed by atoms with E-state index >= 15 is 0 Å². The standard InChI is InChI=1S/C20H17FO2/c1-22-16-10-6-14(7-11-16)18-4-3-5-19(21)20(18)15-8-12-17(23-2)13-9-15/h3-13H,1-2H3. The van der Waals surface area contributed by atoms with Gasteiger partial charge in [-0.05, 0) is 47.0 Å². The molecule has 0 spiro atoms. The molecule has 0 amide bonds. The van der Waals surface area contributed by atoms with Crippen LogP contribution in [0.15, 0.2) is 66.7 Å². The fourth-order valence-corrected chi connectivity index (χ4v) is 2.59. The van der Waals surface area contributed by atoms with Crippen LogP contribution >= 0.6 is 0 Å². The molecule has 0 saturated carbocycles. The molecular weight excluding hydrogens is 291 g/mol. The van der Waals surface area contributed by atoms with Crippen LogP contribution in [-0.2, 0) is 0 Å². The first-order chi connectivity index (χ1) is 11.2. The van der Waals surface area contributed by atoms with E-state index in [1.807, 2.05) is 54.6 Å². The van der Waals surface area contributed by atoms with Crippen LogP contribution in [0, 0.1) is 5.82 Å². The van der Waals surface area contributed by atoms with Gasteiger partial charge in [0.05, 0.1) is 14.2 Å². The number of methoxy groups -OCH3 is 2. The number of hydrogen-bond acceptors (Lipinski definition) is 2. The third-order valence-electron chi connectivity index (χ3n) is 3.79. The fourth-order valence-electron chi connectivity index (χ4n) is 2.59. The summed E-state index contributed by atoms with van der Waals surface area (Å²) in [5.41, 5.74) is 3.18. The Kier molecular flexibility index (Phi) is 4.29. The molecule has 3 rings (SSSR count). The summed E-state index contributed by atoms with van der Waals surface area (Å²) in [7, 11) is 3.24. The summed E-state index contributed by atoms with van der Waals surface area (Å²) >= 11 is 0. The first kappa shape index (κ1) is 15.1. The minimum Gasteiger partial charge on any atom is -0.497 e. The predicted molar refractivity (Wildman–Crippen MR) is 90.4 cm³/mol. The molecule has 3 aromatic rings. The molecule has 3 heteroatoms. The molecule has 0 radical (unpaired) electrons. The van der Waals surface area contributed by atoms with E-state index in [9.17, 15) is 4.39 Å². The molecule has 0 aromatic heterocycles. The highest BCUT2D eigenvalue weighted by atomic mass is 19.1. The molecule has 0 bridgehead atoms. The third kappa shape index (κ3) is 3.04. The molecule has 0 N–H and O–H groups in total. The average Bonchev–Trinajstić information content (AvgIpc) is 2.62. The molecule has 2 nitrogen and oxygen atoms in total. The molecule has 0 atom stereocenters. The van der Waals surface area contributed by atoms with Crippen molar-refractivity contribution >= 4 is 0 Å². The van der Waals surface area contributed by atoms with Crippen LogP contribution in [0.25, 0.3) is 22.3 Å². The van der Waals surface area contributed by atoms with Crippen LogP contribution in [0.1, 0.15) is 0 Å². The second kappa shape index (κ2) is 6.53. The van der Waals surface area contributed by atoms with E-state index in [1.54, 1.807) is 20.3 Å². The number of hydrogen-bond donors (Lipinski definition) is 0. The lowest BCUT2D eigenvalue weighted by Gasteiger charge is -2.12. The smallest absolute Gasteiger partial charge is 0.131 e. The van der Waals surface area contributed by atoms with Crippen LogP contribution in [0.4, 0.5) is 4.39 Å². The van der Waals surface area contributed by atoms with E-state index in [0.717, 1.165) is 28.2 Å². The van der Waals surface area contributed by atoms with Gasteiger partial charge in [0, 0.05) is 5.56 Å². The van der Waals surface area contributed by atoms with Crippen molar-refractivity contribution in [3.63, 3.8) is 0 Å². The molecule has 0 aliphatic rings. The van der Waals surface area contributed by atoms with Crippen molar-refractivity contribution in [1.29, 1.82) is 0 Å². The van der Waals surface area contributed by atoms with E-state index in [-0.39, 0.29) is 5.82 Å². The summed E-state index contributed by atoms with van der Waals surface area (Å²) in [6.07, 6.45) is 0. The molecule has 0 heterocycles. The van der Waals surface area contributed by atoms with Crippen molar-refractivity contribution in [3.05, 3.63) is 72.5 Å². The topological polar surface area (TPSA) is 18.5 Å². The molecule has 0 aliphatic heterocycles. The Bertz CT molecular complexity index is 793. The molecule has 116 valence electrons. The van der Waals surface area contributed by atoms with E-state index in [2.05, 4.69) is 0 Å². The van der Waals surface area contributed by atoms with Gasteiger partial charge in [-0.2, -0.15) is 0 Å². The third-order valence-corrected chi connectivity index (χ3v) is 3.79.